The van der Waals surface area contributed by atoms with Crippen molar-refractivity contribution < 1.29 is 26.3 Å². The molecule has 0 fully saturated rings. The lowest BCUT2D eigenvalue weighted by Crippen LogP contribution is -2.14. The fourth-order valence-electron chi connectivity index (χ4n) is 3.71. The number of nitrogens with one attached hydrogen (secondary N) is 1. The molecule has 0 saturated heterocycles. The summed E-state index contributed by atoms with van der Waals surface area (Å²) in [5.74, 6) is -1.17. The Balaban J connectivity index is 1.83. The van der Waals surface area contributed by atoms with Crippen molar-refractivity contribution in [2.75, 3.05) is 11.8 Å². The number of aromatic nitrogens is 2. The molecule has 3 aromatic carbocycles. The monoisotopic (exact) mass is 501 g/mol. The normalized spacial score (nSPS) is 11.6. The maximum Gasteiger partial charge on any atom is 0.280 e. The van der Waals surface area contributed by atoms with Crippen molar-refractivity contribution in [3.8, 4) is 16.9 Å². The first-order valence-corrected chi connectivity index (χ1v) is 12.1. The van der Waals surface area contributed by atoms with Gasteiger partial charge in [0.1, 0.15) is 5.69 Å². The van der Waals surface area contributed by atoms with E-state index in [0.717, 1.165) is 16.3 Å². The summed E-state index contributed by atoms with van der Waals surface area (Å²) in [6.45, 7) is 0.0579. The molecule has 0 radical (unpaired) electrons. The highest BCUT2D eigenvalue weighted by Crippen LogP contribution is 2.39. The molecule has 0 saturated carbocycles. The molecule has 4 rings (SSSR count). The first-order valence-electron chi connectivity index (χ1n) is 10.6. The minimum atomic E-state index is -4.15. The predicted octanol–water partition coefficient (Wildman–Crippen LogP) is 5.68. The Hall–Kier alpha value is -3.79. The molecule has 0 spiro atoms. The second-order valence-corrected chi connectivity index (χ2v) is 9.32. The van der Waals surface area contributed by atoms with Crippen molar-refractivity contribution >= 4 is 15.8 Å². The van der Waals surface area contributed by atoms with Gasteiger partial charge in [-0.05, 0) is 41.8 Å². The first-order chi connectivity index (χ1) is 16.8. The van der Waals surface area contributed by atoms with Crippen molar-refractivity contribution in [1.82, 2.24) is 9.78 Å². The first kappa shape index (κ1) is 24.3. The summed E-state index contributed by atoms with van der Waals surface area (Å²) < 4.78 is 77.5. The zero-order valence-corrected chi connectivity index (χ0v) is 19.5. The summed E-state index contributed by atoms with van der Waals surface area (Å²) in [7, 11) is -2.87. The number of nitrogens with zero attached hydrogens (tertiary/aromatic N) is 2. The van der Waals surface area contributed by atoms with Gasteiger partial charge in [0.15, 0.2) is 17.4 Å². The number of sulfonamides is 1. The van der Waals surface area contributed by atoms with Gasteiger partial charge in [0, 0.05) is 6.54 Å². The number of rotatable bonds is 9. The third kappa shape index (κ3) is 5.32. The van der Waals surface area contributed by atoms with Gasteiger partial charge < -0.3 is 4.74 Å². The van der Waals surface area contributed by atoms with Crippen LogP contribution in [0.2, 0.25) is 0 Å². The van der Waals surface area contributed by atoms with E-state index >= 15 is 0 Å². The predicted molar refractivity (Wildman–Crippen MR) is 127 cm³/mol. The largest absolute Gasteiger partial charge is 0.494 e. The second-order valence-electron chi connectivity index (χ2n) is 7.64. The summed E-state index contributed by atoms with van der Waals surface area (Å²) >= 11 is 0. The Morgan fingerprint density at radius 2 is 1.66 bits per heavy atom. The molecule has 0 atom stereocenters. The van der Waals surface area contributed by atoms with Gasteiger partial charge >= 0.3 is 0 Å². The van der Waals surface area contributed by atoms with Crippen molar-refractivity contribution in [2.45, 2.75) is 24.3 Å². The van der Waals surface area contributed by atoms with E-state index in [1.165, 1.54) is 43.5 Å². The maximum absolute atomic E-state index is 14.5. The molecule has 0 amide bonds. The van der Waals surface area contributed by atoms with Gasteiger partial charge in [-0.2, -0.15) is 5.10 Å². The molecule has 182 valence electrons. The SMILES string of the molecule is COc1ccc(-c2c(NS(=O)(=O)c3ccccc3)nn(CCc3ccccc3)c2C(F)F)cc1F. The molecule has 0 aliphatic carbocycles. The highest BCUT2D eigenvalue weighted by molar-refractivity contribution is 7.92. The van der Waals surface area contributed by atoms with E-state index in [0.29, 0.717) is 6.42 Å². The summed E-state index contributed by atoms with van der Waals surface area (Å²) in [6.07, 6.45) is -2.63. The van der Waals surface area contributed by atoms with E-state index < -0.39 is 28.0 Å². The molecule has 1 heterocycles. The van der Waals surface area contributed by atoms with E-state index in [2.05, 4.69) is 9.82 Å². The Kier molecular flexibility index (Phi) is 7.11. The van der Waals surface area contributed by atoms with Gasteiger partial charge in [0.2, 0.25) is 0 Å². The Labute approximate surface area is 201 Å². The summed E-state index contributed by atoms with van der Waals surface area (Å²) in [5, 5.41) is 4.20. The third-order valence-electron chi connectivity index (χ3n) is 5.38. The van der Waals surface area contributed by atoms with Gasteiger partial charge in [0.05, 0.1) is 17.6 Å². The minimum Gasteiger partial charge on any atom is -0.494 e. The van der Waals surface area contributed by atoms with Crippen LogP contribution in [-0.2, 0) is 23.0 Å². The van der Waals surface area contributed by atoms with Crippen LogP contribution in [-0.4, -0.2) is 25.3 Å². The standard InChI is InChI=1S/C25H22F3N3O3S/c1-34-21-13-12-18(16-20(21)26)22-23(24(27)28)31(15-14-17-8-4-2-5-9-17)29-25(22)30-35(32,33)19-10-6-3-7-11-19/h2-13,16,24H,14-15H2,1H3,(H,29,30). The van der Waals surface area contributed by atoms with Gasteiger partial charge in [-0.3, -0.25) is 9.40 Å². The molecule has 6 nitrogen and oxygen atoms in total. The van der Waals surface area contributed by atoms with E-state index in [9.17, 15) is 21.6 Å². The number of ether oxygens (including phenoxy) is 1. The van der Waals surface area contributed by atoms with Crippen LogP contribution in [0.1, 0.15) is 17.7 Å². The van der Waals surface area contributed by atoms with Crippen molar-refractivity contribution in [3.63, 3.8) is 0 Å². The molecule has 0 aliphatic heterocycles. The molecule has 10 heteroatoms. The Morgan fingerprint density at radius 1 is 1.00 bits per heavy atom. The lowest BCUT2D eigenvalue weighted by atomic mass is 10.0. The Morgan fingerprint density at radius 3 is 2.26 bits per heavy atom. The van der Waals surface area contributed by atoms with E-state index in [4.69, 9.17) is 4.74 Å². The third-order valence-corrected chi connectivity index (χ3v) is 6.73. The van der Waals surface area contributed by atoms with Crippen LogP contribution in [0.25, 0.3) is 11.1 Å². The quantitative estimate of drug-likeness (QED) is 0.320. The van der Waals surface area contributed by atoms with Crippen LogP contribution in [0, 0.1) is 5.82 Å². The van der Waals surface area contributed by atoms with E-state index in [1.807, 2.05) is 30.3 Å². The number of hydrogen-bond donors (Lipinski definition) is 1. The zero-order chi connectivity index (χ0) is 25.0. The summed E-state index contributed by atoms with van der Waals surface area (Å²) in [6, 6.07) is 20.4. The van der Waals surface area contributed by atoms with Gasteiger partial charge in [-0.1, -0.05) is 54.6 Å². The average molecular weight is 502 g/mol. The number of benzene rings is 3. The van der Waals surface area contributed by atoms with Gasteiger partial charge in [-0.15, -0.1) is 0 Å². The lowest BCUT2D eigenvalue weighted by Gasteiger charge is -2.11. The lowest BCUT2D eigenvalue weighted by molar-refractivity contribution is 0.139. The van der Waals surface area contributed by atoms with Crippen molar-refractivity contribution in [2.24, 2.45) is 0 Å². The van der Waals surface area contributed by atoms with Crippen LogP contribution in [0.3, 0.4) is 0 Å². The van der Waals surface area contributed by atoms with Crippen molar-refractivity contribution in [3.05, 3.63) is 95.9 Å². The topological polar surface area (TPSA) is 73.2 Å². The zero-order valence-electron chi connectivity index (χ0n) is 18.7. The molecule has 0 unspecified atom stereocenters. The van der Waals surface area contributed by atoms with Crippen LogP contribution in [0.5, 0.6) is 5.75 Å². The van der Waals surface area contributed by atoms with E-state index in [-0.39, 0.29) is 34.1 Å². The number of halogens is 3. The molecule has 0 aliphatic rings. The Bertz CT molecular complexity index is 1410. The molecular weight excluding hydrogens is 479 g/mol. The molecule has 0 bridgehead atoms. The maximum atomic E-state index is 14.5. The molecule has 35 heavy (non-hydrogen) atoms. The molecule has 1 aromatic heterocycles. The smallest absolute Gasteiger partial charge is 0.280 e. The molecular formula is C25H22F3N3O3S. The summed E-state index contributed by atoms with van der Waals surface area (Å²) in [5.41, 5.74) is 0.215. The van der Waals surface area contributed by atoms with Crippen molar-refractivity contribution in [1.29, 1.82) is 0 Å². The molecule has 4 aromatic rings. The van der Waals surface area contributed by atoms with Crippen LogP contribution in [0.15, 0.2) is 83.8 Å². The van der Waals surface area contributed by atoms with Crippen LogP contribution >= 0.6 is 0 Å². The number of methoxy groups -OCH3 is 1. The number of aryl methyl sites for hydroxylation is 2. The number of alkyl halides is 2. The fraction of sp³-hybridized carbons (Fsp3) is 0.160. The highest BCUT2D eigenvalue weighted by atomic mass is 32.2. The van der Waals surface area contributed by atoms with Crippen LogP contribution in [0.4, 0.5) is 19.0 Å². The van der Waals surface area contributed by atoms with E-state index in [1.54, 1.807) is 6.07 Å². The second kappa shape index (κ2) is 10.2. The summed E-state index contributed by atoms with van der Waals surface area (Å²) in [4.78, 5) is -0.0655. The van der Waals surface area contributed by atoms with Gasteiger partial charge in [0.25, 0.3) is 16.4 Å². The minimum absolute atomic E-state index is 0.0373. The van der Waals surface area contributed by atoms with Crippen LogP contribution < -0.4 is 9.46 Å². The fourth-order valence-corrected chi connectivity index (χ4v) is 4.74. The van der Waals surface area contributed by atoms with Gasteiger partial charge in [-0.25, -0.2) is 21.6 Å². The molecule has 1 N–H and O–H groups in total. The number of anilines is 1. The highest BCUT2D eigenvalue weighted by Gasteiger charge is 2.29. The average Bonchev–Trinajstić information content (AvgIpc) is 3.21. The number of hydrogen-bond acceptors (Lipinski definition) is 4.